The van der Waals surface area contributed by atoms with Crippen molar-refractivity contribution in [2.45, 2.75) is 27.3 Å². The zero-order chi connectivity index (χ0) is 14.0. The van der Waals surface area contributed by atoms with E-state index in [0.717, 1.165) is 22.8 Å². The number of aromatic nitrogens is 1. The highest BCUT2D eigenvalue weighted by Gasteiger charge is 2.13. The minimum Gasteiger partial charge on any atom is -0.329 e. The molecule has 0 aliphatic heterocycles. The van der Waals surface area contributed by atoms with Gasteiger partial charge in [-0.15, -0.1) is 0 Å². The molecule has 3 heteroatoms. The average molecular weight is 255 g/mol. The van der Waals surface area contributed by atoms with Crippen LogP contribution in [-0.2, 0) is 6.54 Å². The molecule has 0 amide bonds. The second-order valence-electron chi connectivity index (χ2n) is 4.98. The molecule has 2 aromatic rings. The van der Waals surface area contributed by atoms with Gasteiger partial charge in [0.05, 0.1) is 0 Å². The fourth-order valence-corrected chi connectivity index (χ4v) is 2.26. The SMILES string of the molecule is Cc1ccc(N(C)c2nc(C)cc(C)c2CN)cc1. The Bertz CT molecular complexity index is 573. The largest absolute Gasteiger partial charge is 0.329 e. The van der Waals surface area contributed by atoms with E-state index < -0.39 is 0 Å². The Morgan fingerprint density at radius 3 is 2.32 bits per heavy atom. The number of nitrogens with zero attached hydrogens (tertiary/aromatic N) is 2. The van der Waals surface area contributed by atoms with E-state index in [-0.39, 0.29) is 0 Å². The fourth-order valence-electron chi connectivity index (χ4n) is 2.26. The van der Waals surface area contributed by atoms with Gasteiger partial charge >= 0.3 is 0 Å². The molecule has 0 bridgehead atoms. The van der Waals surface area contributed by atoms with Crippen LogP contribution >= 0.6 is 0 Å². The second kappa shape index (κ2) is 5.41. The third-order valence-electron chi connectivity index (χ3n) is 3.40. The van der Waals surface area contributed by atoms with E-state index in [1.165, 1.54) is 11.1 Å². The third kappa shape index (κ3) is 2.76. The number of hydrogen-bond donors (Lipinski definition) is 1. The summed E-state index contributed by atoms with van der Waals surface area (Å²) in [6, 6.07) is 10.5. The van der Waals surface area contributed by atoms with E-state index in [9.17, 15) is 0 Å². The van der Waals surface area contributed by atoms with Crippen LogP contribution in [0.25, 0.3) is 0 Å². The molecule has 0 aliphatic carbocycles. The molecule has 19 heavy (non-hydrogen) atoms. The minimum atomic E-state index is 0.505. The molecule has 3 nitrogen and oxygen atoms in total. The normalized spacial score (nSPS) is 10.6. The molecule has 1 aromatic heterocycles. The van der Waals surface area contributed by atoms with E-state index in [1.807, 2.05) is 14.0 Å². The standard InChI is InChI=1S/C16H21N3/c1-11-5-7-14(8-6-11)19(4)16-15(10-17)12(2)9-13(3)18-16/h5-9H,10,17H2,1-4H3. The van der Waals surface area contributed by atoms with Gasteiger partial charge in [0.25, 0.3) is 0 Å². The van der Waals surface area contributed by atoms with Crippen LogP contribution in [0.3, 0.4) is 0 Å². The topological polar surface area (TPSA) is 42.2 Å². The van der Waals surface area contributed by atoms with Crippen molar-refractivity contribution in [1.29, 1.82) is 0 Å². The summed E-state index contributed by atoms with van der Waals surface area (Å²) in [6.45, 7) is 6.69. The Hall–Kier alpha value is -1.87. The predicted molar refractivity (Wildman–Crippen MR) is 80.8 cm³/mol. The summed E-state index contributed by atoms with van der Waals surface area (Å²) in [5, 5.41) is 0. The van der Waals surface area contributed by atoms with Crippen LogP contribution < -0.4 is 10.6 Å². The Balaban J connectivity index is 2.48. The molecule has 0 aliphatic rings. The molecule has 0 saturated heterocycles. The van der Waals surface area contributed by atoms with Crippen molar-refractivity contribution in [3.63, 3.8) is 0 Å². The van der Waals surface area contributed by atoms with Crippen molar-refractivity contribution < 1.29 is 0 Å². The first-order chi connectivity index (χ1) is 9.02. The van der Waals surface area contributed by atoms with Gasteiger partial charge in [-0.25, -0.2) is 4.98 Å². The summed E-state index contributed by atoms with van der Waals surface area (Å²) in [7, 11) is 2.03. The van der Waals surface area contributed by atoms with Gasteiger partial charge < -0.3 is 10.6 Å². The second-order valence-corrected chi connectivity index (χ2v) is 4.98. The van der Waals surface area contributed by atoms with Gasteiger partial charge in [0.1, 0.15) is 5.82 Å². The number of aryl methyl sites for hydroxylation is 3. The highest BCUT2D eigenvalue weighted by molar-refractivity contribution is 5.64. The Morgan fingerprint density at radius 1 is 1.11 bits per heavy atom. The molecule has 0 unspecified atom stereocenters. The van der Waals surface area contributed by atoms with Gasteiger partial charge in [-0.05, 0) is 44.5 Å². The number of anilines is 2. The highest BCUT2D eigenvalue weighted by atomic mass is 15.2. The van der Waals surface area contributed by atoms with Crippen molar-refractivity contribution in [2.24, 2.45) is 5.73 Å². The van der Waals surface area contributed by atoms with E-state index in [2.05, 4.69) is 54.1 Å². The molecule has 2 N–H and O–H groups in total. The molecular weight excluding hydrogens is 234 g/mol. The number of pyridine rings is 1. The molecule has 1 heterocycles. The lowest BCUT2D eigenvalue weighted by molar-refractivity contribution is 0.976. The van der Waals surface area contributed by atoms with Crippen molar-refractivity contribution in [1.82, 2.24) is 4.98 Å². The van der Waals surface area contributed by atoms with Gasteiger partial charge in [-0.2, -0.15) is 0 Å². The van der Waals surface area contributed by atoms with Gasteiger partial charge in [0.2, 0.25) is 0 Å². The zero-order valence-electron chi connectivity index (χ0n) is 12.1. The molecule has 0 radical (unpaired) electrons. The Labute approximate surface area is 115 Å². The predicted octanol–water partition coefficient (Wildman–Crippen LogP) is 3.23. The molecule has 1 aromatic carbocycles. The van der Waals surface area contributed by atoms with Crippen molar-refractivity contribution in [3.8, 4) is 0 Å². The van der Waals surface area contributed by atoms with Crippen LogP contribution in [0.5, 0.6) is 0 Å². The van der Waals surface area contributed by atoms with E-state index in [0.29, 0.717) is 6.54 Å². The summed E-state index contributed by atoms with van der Waals surface area (Å²) < 4.78 is 0. The first kappa shape index (κ1) is 13.6. The summed E-state index contributed by atoms with van der Waals surface area (Å²) >= 11 is 0. The maximum absolute atomic E-state index is 5.87. The lowest BCUT2D eigenvalue weighted by atomic mass is 10.1. The fraction of sp³-hybridized carbons (Fsp3) is 0.312. The van der Waals surface area contributed by atoms with Crippen molar-refractivity contribution in [3.05, 3.63) is 52.7 Å². The third-order valence-corrected chi connectivity index (χ3v) is 3.40. The molecule has 0 atom stereocenters. The van der Waals surface area contributed by atoms with Gasteiger partial charge in [-0.1, -0.05) is 17.7 Å². The molecular formula is C16H21N3. The van der Waals surface area contributed by atoms with Crippen LogP contribution in [0.4, 0.5) is 11.5 Å². The van der Waals surface area contributed by atoms with E-state index in [1.54, 1.807) is 0 Å². The van der Waals surface area contributed by atoms with Crippen LogP contribution in [0, 0.1) is 20.8 Å². The van der Waals surface area contributed by atoms with Gasteiger partial charge in [-0.3, -0.25) is 0 Å². The quantitative estimate of drug-likeness (QED) is 0.915. The maximum Gasteiger partial charge on any atom is 0.137 e. The van der Waals surface area contributed by atoms with E-state index in [4.69, 9.17) is 5.73 Å². The van der Waals surface area contributed by atoms with Crippen LogP contribution in [-0.4, -0.2) is 12.0 Å². The van der Waals surface area contributed by atoms with E-state index >= 15 is 0 Å². The lowest BCUT2D eigenvalue weighted by Crippen LogP contribution is -2.16. The molecule has 0 fully saturated rings. The first-order valence-electron chi connectivity index (χ1n) is 6.50. The lowest BCUT2D eigenvalue weighted by Gasteiger charge is -2.23. The Kier molecular flexibility index (Phi) is 3.86. The number of rotatable bonds is 3. The molecule has 0 saturated carbocycles. The number of nitrogens with two attached hydrogens (primary N) is 1. The van der Waals surface area contributed by atoms with Gasteiger partial charge in [0, 0.05) is 30.5 Å². The zero-order valence-corrected chi connectivity index (χ0v) is 12.1. The number of hydrogen-bond acceptors (Lipinski definition) is 3. The smallest absolute Gasteiger partial charge is 0.137 e. The molecule has 100 valence electrons. The van der Waals surface area contributed by atoms with Crippen molar-refractivity contribution >= 4 is 11.5 Å². The maximum atomic E-state index is 5.87. The molecule has 2 rings (SSSR count). The average Bonchev–Trinajstić information content (AvgIpc) is 2.38. The Morgan fingerprint density at radius 2 is 1.74 bits per heavy atom. The molecule has 0 spiro atoms. The highest BCUT2D eigenvalue weighted by Crippen LogP contribution is 2.27. The van der Waals surface area contributed by atoms with Gasteiger partial charge in [0.15, 0.2) is 0 Å². The summed E-state index contributed by atoms with van der Waals surface area (Å²) in [4.78, 5) is 6.75. The van der Waals surface area contributed by atoms with Crippen LogP contribution in [0.15, 0.2) is 30.3 Å². The summed E-state index contributed by atoms with van der Waals surface area (Å²) in [5.41, 5.74) is 11.6. The summed E-state index contributed by atoms with van der Waals surface area (Å²) in [5.74, 6) is 0.948. The van der Waals surface area contributed by atoms with Crippen molar-refractivity contribution in [2.75, 3.05) is 11.9 Å². The summed E-state index contributed by atoms with van der Waals surface area (Å²) in [6.07, 6.45) is 0. The monoisotopic (exact) mass is 255 g/mol. The van der Waals surface area contributed by atoms with Crippen LogP contribution in [0.2, 0.25) is 0 Å². The minimum absolute atomic E-state index is 0.505. The van der Waals surface area contributed by atoms with Crippen LogP contribution in [0.1, 0.15) is 22.4 Å². The number of benzene rings is 1. The first-order valence-corrected chi connectivity index (χ1v) is 6.50.